The highest BCUT2D eigenvalue weighted by Crippen LogP contribution is 2.30. The lowest BCUT2D eigenvalue weighted by Crippen LogP contribution is -2.22. The van der Waals surface area contributed by atoms with Gasteiger partial charge in [0.25, 0.3) is 0 Å². The molecule has 1 unspecified atom stereocenters. The zero-order valence-corrected chi connectivity index (χ0v) is 17.6. The highest BCUT2D eigenvalue weighted by Gasteiger charge is 2.38. The number of alkyl halides is 3. The van der Waals surface area contributed by atoms with E-state index in [-0.39, 0.29) is 11.6 Å². The van der Waals surface area contributed by atoms with Crippen LogP contribution in [0.15, 0.2) is 18.2 Å². The number of hydrogen-bond acceptors (Lipinski definition) is 5. The fraction of sp³-hybridized carbons (Fsp3) is 0.389. The molecule has 160 valence electrons. The molecule has 0 radical (unpaired) electrons. The third kappa shape index (κ3) is 6.98. The summed E-state index contributed by atoms with van der Waals surface area (Å²) in [7, 11) is 2.00. The second-order valence-electron chi connectivity index (χ2n) is 6.16. The fourth-order valence-electron chi connectivity index (χ4n) is 2.41. The van der Waals surface area contributed by atoms with Crippen molar-refractivity contribution in [1.29, 1.82) is 0 Å². The summed E-state index contributed by atoms with van der Waals surface area (Å²) in [6.07, 6.45) is -5.08. The number of hydrogen-bond donors (Lipinski definition) is 2. The minimum Gasteiger partial charge on any atom is -0.478 e. The van der Waals surface area contributed by atoms with Gasteiger partial charge in [0.1, 0.15) is 0 Å². The maximum absolute atomic E-state index is 11.2. The van der Waals surface area contributed by atoms with Crippen LogP contribution in [0.25, 0.3) is 0 Å². The smallest absolute Gasteiger partial charge is 0.478 e. The molecule has 2 rings (SSSR count). The van der Waals surface area contributed by atoms with Gasteiger partial charge in [-0.15, -0.1) is 11.3 Å². The Morgan fingerprint density at radius 1 is 1.28 bits per heavy atom. The summed E-state index contributed by atoms with van der Waals surface area (Å²) in [6.45, 7) is 6.72. The van der Waals surface area contributed by atoms with Gasteiger partial charge in [-0.25, -0.2) is 14.6 Å². The van der Waals surface area contributed by atoms with Crippen molar-refractivity contribution in [2.75, 3.05) is 7.05 Å². The summed E-state index contributed by atoms with van der Waals surface area (Å²) < 4.78 is 31.7. The molecule has 0 saturated heterocycles. The number of halogens is 4. The Bertz CT molecular complexity index is 886. The van der Waals surface area contributed by atoms with E-state index in [2.05, 4.69) is 16.8 Å². The van der Waals surface area contributed by atoms with Crippen LogP contribution in [0.3, 0.4) is 0 Å². The van der Waals surface area contributed by atoms with Crippen LogP contribution in [0.4, 0.5) is 13.2 Å². The molecule has 0 aliphatic rings. The topological polar surface area (TPSA) is 90.7 Å². The first-order chi connectivity index (χ1) is 13.3. The molecule has 0 fully saturated rings. The third-order valence-corrected chi connectivity index (χ3v) is 5.64. The van der Waals surface area contributed by atoms with Gasteiger partial charge in [0.2, 0.25) is 0 Å². The van der Waals surface area contributed by atoms with Crippen molar-refractivity contribution in [3.05, 3.63) is 49.9 Å². The number of carbonyl (C=O) groups is 2. The average molecular weight is 453 g/mol. The van der Waals surface area contributed by atoms with E-state index in [1.54, 1.807) is 17.4 Å². The monoisotopic (exact) mass is 452 g/mol. The Hall–Kier alpha value is -2.17. The van der Waals surface area contributed by atoms with Gasteiger partial charge in [-0.1, -0.05) is 23.7 Å². The number of rotatable bonds is 5. The molecule has 1 atom stereocenters. The van der Waals surface area contributed by atoms with Crippen LogP contribution in [-0.2, 0) is 11.3 Å². The van der Waals surface area contributed by atoms with Crippen molar-refractivity contribution < 1.29 is 33.0 Å². The number of nitrogens with zero attached hydrogens (tertiary/aromatic N) is 2. The molecule has 29 heavy (non-hydrogen) atoms. The standard InChI is InChI=1S/C16H19ClN2O2S.C2HF3O2/c1-9-15(22-11(3)18-9)10(2)19(4)8-12-6-5-7-13(14(12)17)16(20)21;3-2(4,5)1(6)7/h5-7,10H,8H2,1-4H3,(H,20,21);(H,6,7). The van der Waals surface area contributed by atoms with Crippen LogP contribution >= 0.6 is 22.9 Å². The molecule has 0 aliphatic heterocycles. The highest BCUT2D eigenvalue weighted by molar-refractivity contribution is 7.11. The fourth-order valence-corrected chi connectivity index (χ4v) is 3.72. The predicted octanol–water partition coefficient (Wildman–Crippen LogP) is 4.94. The lowest BCUT2D eigenvalue weighted by Gasteiger charge is -2.25. The van der Waals surface area contributed by atoms with Gasteiger partial charge in [0, 0.05) is 17.5 Å². The lowest BCUT2D eigenvalue weighted by molar-refractivity contribution is -0.192. The van der Waals surface area contributed by atoms with Crippen LogP contribution in [0, 0.1) is 13.8 Å². The van der Waals surface area contributed by atoms with E-state index in [1.807, 2.05) is 27.0 Å². The first kappa shape index (κ1) is 24.9. The molecule has 2 N–H and O–H groups in total. The largest absolute Gasteiger partial charge is 0.490 e. The van der Waals surface area contributed by atoms with Gasteiger partial charge in [0.15, 0.2) is 0 Å². The van der Waals surface area contributed by atoms with Crippen molar-refractivity contribution in [2.24, 2.45) is 0 Å². The SMILES string of the molecule is Cc1nc(C)c(C(C)N(C)Cc2cccc(C(=O)O)c2Cl)s1.O=C(O)C(F)(F)F. The summed E-state index contributed by atoms with van der Waals surface area (Å²) in [5.74, 6) is -3.76. The van der Waals surface area contributed by atoms with E-state index in [9.17, 15) is 18.0 Å². The van der Waals surface area contributed by atoms with Crippen molar-refractivity contribution in [1.82, 2.24) is 9.88 Å². The number of aliphatic carboxylic acids is 1. The second-order valence-corrected chi connectivity index (χ2v) is 7.77. The van der Waals surface area contributed by atoms with Gasteiger partial charge in [0.05, 0.1) is 21.3 Å². The molecule has 1 heterocycles. The Labute approximate surface area is 174 Å². The molecule has 1 aromatic heterocycles. The Morgan fingerprint density at radius 2 is 1.83 bits per heavy atom. The van der Waals surface area contributed by atoms with Crippen molar-refractivity contribution in [3.63, 3.8) is 0 Å². The molecule has 0 aliphatic carbocycles. The summed E-state index contributed by atoms with van der Waals surface area (Å²) in [5.41, 5.74) is 2.01. The Balaban J connectivity index is 0.000000516. The van der Waals surface area contributed by atoms with E-state index in [1.165, 1.54) is 10.9 Å². The van der Waals surface area contributed by atoms with E-state index in [0.29, 0.717) is 11.6 Å². The van der Waals surface area contributed by atoms with Crippen LogP contribution in [0.2, 0.25) is 5.02 Å². The number of carboxylic acid groups (broad SMARTS) is 2. The average Bonchev–Trinajstić information content (AvgIpc) is 2.93. The number of aryl methyl sites for hydroxylation is 2. The van der Waals surface area contributed by atoms with Crippen LogP contribution in [-0.4, -0.2) is 45.3 Å². The zero-order valence-electron chi connectivity index (χ0n) is 16.0. The van der Waals surface area contributed by atoms with Crippen LogP contribution < -0.4 is 0 Å². The highest BCUT2D eigenvalue weighted by atomic mass is 35.5. The maximum Gasteiger partial charge on any atom is 0.490 e. The number of thiazole rings is 1. The Kier molecular flexibility index (Phi) is 8.61. The number of aromatic carboxylic acids is 1. The molecule has 1 aromatic carbocycles. The van der Waals surface area contributed by atoms with Gasteiger partial charge in [-0.05, 0) is 39.4 Å². The van der Waals surface area contributed by atoms with Gasteiger partial charge in [-0.2, -0.15) is 13.2 Å². The summed E-state index contributed by atoms with van der Waals surface area (Å²) in [4.78, 5) is 27.9. The molecular weight excluding hydrogens is 433 g/mol. The van der Waals surface area contributed by atoms with E-state index >= 15 is 0 Å². The second kappa shape index (κ2) is 10.0. The summed E-state index contributed by atoms with van der Waals surface area (Å²) >= 11 is 7.91. The zero-order chi connectivity index (χ0) is 22.5. The maximum atomic E-state index is 11.2. The molecule has 0 amide bonds. The number of carboxylic acids is 2. The van der Waals surface area contributed by atoms with E-state index in [0.717, 1.165) is 16.3 Å². The molecule has 6 nitrogen and oxygen atoms in total. The van der Waals surface area contributed by atoms with Gasteiger partial charge < -0.3 is 10.2 Å². The first-order valence-corrected chi connectivity index (χ1v) is 9.40. The third-order valence-electron chi connectivity index (χ3n) is 3.95. The first-order valence-electron chi connectivity index (χ1n) is 8.20. The quantitative estimate of drug-likeness (QED) is 0.667. The minimum absolute atomic E-state index is 0.144. The van der Waals surface area contributed by atoms with Crippen LogP contribution in [0.5, 0.6) is 0 Å². The number of aromatic nitrogens is 1. The normalized spacial score (nSPS) is 12.3. The van der Waals surface area contributed by atoms with Gasteiger partial charge >= 0.3 is 18.1 Å². The number of benzene rings is 1. The summed E-state index contributed by atoms with van der Waals surface area (Å²) in [6, 6.07) is 5.30. The predicted molar refractivity (Wildman–Crippen MR) is 104 cm³/mol. The molecule has 0 saturated carbocycles. The summed E-state index contributed by atoms with van der Waals surface area (Å²) in [5, 5.41) is 17.6. The molecular formula is C18H20ClF3N2O4S. The molecule has 2 aromatic rings. The van der Waals surface area contributed by atoms with Crippen molar-refractivity contribution >= 4 is 34.9 Å². The van der Waals surface area contributed by atoms with Crippen molar-refractivity contribution in [2.45, 2.75) is 39.5 Å². The van der Waals surface area contributed by atoms with E-state index in [4.69, 9.17) is 26.6 Å². The van der Waals surface area contributed by atoms with Gasteiger partial charge in [-0.3, -0.25) is 4.90 Å². The molecule has 0 spiro atoms. The van der Waals surface area contributed by atoms with Crippen molar-refractivity contribution in [3.8, 4) is 0 Å². The lowest BCUT2D eigenvalue weighted by atomic mass is 10.1. The molecule has 11 heteroatoms. The molecule has 0 bridgehead atoms. The van der Waals surface area contributed by atoms with E-state index < -0.39 is 18.1 Å². The Morgan fingerprint density at radius 3 is 2.24 bits per heavy atom. The van der Waals surface area contributed by atoms with Crippen LogP contribution in [0.1, 0.15) is 44.5 Å². The minimum atomic E-state index is -5.08.